The highest BCUT2D eigenvalue weighted by Crippen LogP contribution is 2.21. The Morgan fingerprint density at radius 1 is 1.06 bits per heavy atom. The van der Waals surface area contributed by atoms with Crippen molar-refractivity contribution >= 4 is 32.4 Å². The molecule has 0 fully saturated rings. The molecule has 9 nitrogen and oxygen atoms in total. The number of benzene rings is 2. The number of nitrogens with one attached hydrogen (secondary N) is 2. The van der Waals surface area contributed by atoms with Crippen LogP contribution in [-0.4, -0.2) is 34.1 Å². The zero-order chi connectivity index (χ0) is 21.8. The van der Waals surface area contributed by atoms with Crippen molar-refractivity contribution < 1.29 is 13.2 Å². The molecule has 11 heteroatoms. The Morgan fingerprint density at radius 2 is 1.81 bits per heavy atom. The van der Waals surface area contributed by atoms with Gasteiger partial charge in [0.2, 0.25) is 9.47 Å². The van der Waals surface area contributed by atoms with Crippen LogP contribution >= 0.6 is 11.3 Å². The lowest BCUT2D eigenvalue weighted by Gasteiger charge is -2.07. The predicted molar refractivity (Wildman–Crippen MR) is 117 cm³/mol. The molecule has 0 saturated carbocycles. The summed E-state index contributed by atoms with van der Waals surface area (Å²) in [6.07, 6.45) is 3.58. The first-order chi connectivity index (χ1) is 14.9. The van der Waals surface area contributed by atoms with Crippen LogP contribution in [0.15, 0.2) is 71.3 Å². The molecule has 0 radical (unpaired) electrons. The van der Waals surface area contributed by atoms with Gasteiger partial charge in [-0.2, -0.15) is 0 Å². The highest BCUT2D eigenvalue weighted by atomic mass is 32.2. The standard InChI is InChI=1S/C20H18N6O3S2/c1-14-21-11-12-26(14)17-9-7-15(8-10-17)13-22-31(28,29)20-25-24-19(30-20)23-18(27)16-5-3-2-4-6-16/h2-12,22H,13H2,1H3,(H,23,24,27). The number of aromatic nitrogens is 4. The number of carbonyl (C=O) groups excluding carboxylic acids is 1. The quantitative estimate of drug-likeness (QED) is 0.415. The molecule has 0 aliphatic rings. The van der Waals surface area contributed by atoms with E-state index in [4.69, 9.17) is 0 Å². The second-order valence-corrected chi connectivity index (χ2v) is 9.45. The van der Waals surface area contributed by atoms with E-state index in [-0.39, 0.29) is 21.9 Å². The maximum Gasteiger partial charge on any atom is 0.270 e. The summed E-state index contributed by atoms with van der Waals surface area (Å²) in [6.45, 7) is 2.00. The number of hydrogen-bond donors (Lipinski definition) is 2. The first kappa shape index (κ1) is 20.8. The zero-order valence-corrected chi connectivity index (χ0v) is 18.0. The third-order valence-electron chi connectivity index (χ3n) is 4.40. The van der Waals surface area contributed by atoms with Crippen molar-refractivity contribution in [3.63, 3.8) is 0 Å². The molecule has 0 aliphatic heterocycles. The highest BCUT2D eigenvalue weighted by Gasteiger charge is 2.21. The Kier molecular flexibility index (Phi) is 5.89. The molecule has 1 amide bonds. The zero-order valence-electron chi connectivity index (χ0n) is 16.4. The van der Waals surface area contributed by atoms with Gasteiger partial charge in [-0.25, -0.2) is 18.1 Å². The molecule has 31 heavy (non-hydrogen) atoms. The molecule has 0 unspecified atom stereocenters. The van der Waals surface area contributed by atoms with Gasteiger partial charge in [-0.3, -0.25) is 10.1 Å². The maximum absolute atomic E-state index is 12.5. The highest BCUT2D eigenvalue weighted by molar-refractivity contribution is 7.91. The summed E-state index contributed by atoms with van der Waals surface area (Å²) >= 11 is 0.785. The summed E-state index contributed by atoms with van der Waals surface area (Å²) in [7, 11) is -3.87. The minimum Gasteiger partial charge on any atom is -0.304 e. The smallest absolute Gasteiger partial charge is 0.270 e. The van der Waals surface area contributed by atoms with Crippen LogP contribution < -0.4 is 10.0 Å². The molecule has 0 atom stereocenters. The summed E-state index contributed by atoms with van der Waals surface area (Å²) in [5.74, 6) is 0.474. The minimum atomic E-state index is -3.87. The number of carbonyl (C=O) groups is 1. The number of amides is 1. The van der Waals surface area contributed by atoms with Gasteiger partial charge in [0.05, 0.1) is 0 Å². The molecular weight excluding hydrogens is 436 g/mol. The molecule has 0 spiro atoms. The topological polar surface area (TPSA) is 119 Å². The number of nitrogens with zero attached hydrogens (tertiary/aromatic N) is 4. The lowest BCUT2D eigenvalue weighted by molar-refractivity contribution is 0.102. The van der Waals surface area contributed by atoms with Gasteiger partial charge < -0.3 is 4.57 Å². The summed E-state index contributed by atoms with van der Waals surface area (Å²) in [5, 5.41) is 10.1. The van der Waals surface area contributed by atoms with Gasteiger partial charge in [0.25, 0.3) is 15.9 Å². The van der Waals surface area contributed by atoms with Crippen molar-refractivity contribution in [2.75, 3.05) is 5.32 Å². The number of imidazole rings is 1. The predicted octanol–water partition coefficient (Wildman–Crippen LogP) is 2.76. The van der Waals surface area contributed by atoms with Crippen LogP contribution in [0.1, 0.15) is 21.7 Å². The number of sulfonamides is 1. The number of anilines is 1. The number of rotatable bonds is 7. The van der Waals surface area contributed by atoms with Crippen molar-refractivity contribution in [2.45, 2.75) is 17.8 Å². The van der Waals surface area contributed by atoms with E-state index in [0.29, 0.717) is 5.56 Å². The second kappa shape index (κ2) is 8.76. The van der Waals surface area contributed by atoms with Crippen molar-refractivity contribution in [2.24, 2.45) is 0 Å². The lowest BCUT2D eigenvalue weighted by Crippen LogP contribution is -2.23. The molecule has 158 valence electrons. The molecule has 2 N–H and O–H groups in total. The van der Waals surface area contributed by atoms with E-state index in [9.17, 15) is 13.2 Å². The first-order valence-electron chi connectivity index (χ1n) is 9.21. The summed E-state index contributed by atoms with van der Waals surface area (Å²) < 4.78 is 29.3. The van der Waals surface area contributed by atoms with E-state index < -0.39 is 10.0 Å². The summed E-state index contributed by atoms with van der Waals surface area (Å²) in [4.78, 5) is 16.4. The molecule has 0 saturated heterocycles. The van der Waals surface area contributed by atoms with Crippen LogP contribution in [0.3, 0.4) is 0 Å². The van der Waals surface area contributed by atoms with Gasteiger partial charge in [-0.1, -0.05) is 41.7 Å². The van der Waals surface area contributed by atoms with E-state index in [1.807, 2.05) is 42.0 Å². The number of aryl methyl sites for hydroxylation is 1. The van der Waals surface area contributed by atoms with Gasteiger partial charge in [0.15, 0.2) is 0 Å². The Hall–Kier alpha value is -3.41. The Balaban J connectivity index is 1.39. The average Bonchev–Trinajstić information content (AvgIpc) is 3.43. The molecule has 0 bridgehead atoms. The van der Waals surface area contributed by atoms with Crippen LogP contribution in [0, 0.1) is 6.92 Å². The Bertz CT molecular complexity index is 1300. The normalized spacial score (nSPS) is 11.4. The molecular formula is C20H18N6O3S2. The second-order valence-electron chi connectivity index (χ2n) is 6.53. The van der Waals surface area contributed by atoms with Gasteiger partial charge in [0.1, 0.15) is 5.82 Å². The average molecular weight is 455 g/mol. The Morgan fingerprint density at radius 3 is 2.48 bits per heavy atom. The molecule has 2 aromatic heterocycles. The molecule has 4 aromatic rings. The molecule has 2 aromatic carbocycles. The van der Waals surface area contributed by atoms with E-state index in [1.54, 1.807) is 36.5 Å². The van der Waals surface area contributed by atoms with E-state index >= 15 is 0 Å². The van der Waals surface area contributed by atoms with Crippen LogP contribution in [0.5, 0.6) is 0 Å². The molecule has 4 rings (SSSR count). The first-order valence-corrected chi connectivity index (χ1v) is 11.5. The fraction of sp³-hybridized carbons (Fsp3) is 0.100. The third-order valence-corrected chi connectivity index (χ3v) is 7.01. The van der Waals surface area contributed by atoms with Crippen molar-refractivity contribution in [3.8, 4) is 5.69 Å². The van der Waals surface area contributed by atoms with Crippen LogP contribution in [0.4, 0.5) is 5.13 Å². The van der Waals surface area contributed by atoms with Crippen molar-refractivity contribution in [1.82, 2.24) is 24.5 Å². The van der Waals surface area contributed by atoms with Gasteiger partial charge in [-0.15, -0.1) is 10.2 Å². The SMILES string of the molecule is Cc1nccn1-c1ccc(CNS(=O)(=O)c2nnc(NC(=O)c3ccccc3)s2)cc1. The fourth-order valence-electron chi connectivity index (χ4n) is 2.79. The number of hydrogen-bond acceptors (Lipinski definition) is 7. The minimum absolute atomic E-state index is 0.0941. The molecule has 0 aliphatic carbocycles. The van der Waals surface area contributed by atoms with Crippen LogP contribution in [0.2, 0.25) is 0 Å². The van der Waals surface area contributed by atoms with E-state index in [2.05, 4.69) is 25.2 Å². The lowest BCUT2D eigenvalue weighted by atomic mass is 10.2. The third kappa shape index (κ3) is 4.85. The van der Waals surface area contributed by atoms with Crippen LogP contribution in [-0.2, 0) is 16.6 Å². The maximum atomic E-state index is 12.5. The largest absolute Gasteiger partial charge is 0.304 e. The Labute approximate surface area is 182 Å². The monoisotopic (exact) mass is 454 g/mol. The van der Waals surface area contributed by atoms with Gasteiger partial charge in [0, 0.05) is 30.2 Å². The van der Waals surface area contributed by atoms with Crippen LogP contribution in [0.25, 0.3) is 5.69 Å². The van der Waals surface area contributed by atoms with Gasteiger partial charge >= 0.3 is 0 Å². The summed E-state index contributed by atoms with van der Waals surface area (Å²) in [5.41, 5.74) is 2.16. The summed E-state index contributed by atoms with van der Waals surface area (Å²) in [6, 6.07) is 16.0. The van der Waals surface area contributed by atoms with E-state index in [0.717, 1.165) is 28.4 Å². The van der Waals surface area contributed by atoms with Gasteiger partial charge in [-0.05, 0) is 36.8 Å². The van der Waals surface area contributed by atoms with E-state index in [1.165, 1.54) is 0 Å². The van der Waals surface area contributed by atoms with Crippen molar-refractivity contribution in [3.05, 3.63) is 83.9 Å². The fourth-order valence-corrected chi connectivity index (χ4v) is 4.75. The van der Waals surface area contributed by atoms with Crippen molar-refractivity contribution in [1.29, 1.82) is 0 Å². The molecule has 2 heterocycles.